The van der Waals surface area contributed by atoms with Crippen molar-refractivity contribution in [3.05, 3.63) is 75.8 Å². The average Bonchev–Trinajstić information content (AvgIpc) is 3.15. The number of rotatable bonds is 5. The average molecular weight is 478 g/mol. The Hall–Kier alpha value is -3.00. The summed E-state index contributed by atoms with van der Waals surface area (Å²) in [6.45, 7) is 1.50. The molecule has 7 nitrogen and oxygen atoms in total. The first-order valence-corrected chi connectivity index (χ1v) is 11.8. The fraction of sp³-hybridized carbons (Fsp3) is 0.346. The Morgan fingerprint density at radius 3 is 2.74 bits per heavy atom. The van der Waals surface area contributed by atoms with Gasteiger partial charge in [0, 0.05) is 30.9 Å². The zero-order chi connectivity index (χ0) is 23.7. The molecule has 1 saturated heterocycles. The van der Waals surface area contributed by atoms with E-state index in [4.69, 9.17) is 22.1 Å². The Morgan fingerprint density at radius 2 is 2.00 bits per heavy atom. The van der Waals surface area contributed by atoms with Crippen LogP contribution in [0.2, 0.25) is 5.02 Å². The Morgan fingerprint density at radius 1 is 1.21 bits per heavy atom. The normalized spacial score (nSPS) is 19.1. The van der Waals surface area contributed by atoms with Crippen LogP contribution in [0.5, 0.6) is 5.88 Å². The number of aliphatic hydroxyl groups is 1. The van der Waals surface area contributed by atoms with E-state index < -0.39 is 0 Å². The molecule has 8 heteroatoms. The van der Waals surface area contributed by atoms with E-state index in [9.17, 15) is 5.11 Å². The minimum Gasteiger partial charge on any atom is -0.480 e. The molecule has 2 aliphatic rings. The van der Waals surface area contributed by atoms with Crippen molar-refractivity contribution < 1.29 is 9.84 Å². The number of hydrogen-bond donors (Lipinski definition) is 2. The lowest BCUT2D eigenvalue weighted by atomic mass is 9.73. The van der Waals surface area contributed by atoms with Gasteiger partial charge in [-0.25, -0.2) is 15.0 Å². The molecule has 176 valence electrons. The third-order valence-electron chi connectivity index (χ3n) is 7.16. The van der Waals surface area contributed by atoms with Crippen LogP contribution in [0.3, 0.4) is 0 Å². The molecule has 3 heterocycles. The highest BCUT2D eigenvalue weighted by Crippen LogP contribution is 2.51. The molecule has 0 saturated carbocycles. The SMILES string of the molecule is COc1nccc(/C=C/c2cnc(N3CCC4(CC3)Cc3ccccc3[C@H]4N)c(CO)n2)c1Cl. The molecule has 3 N–H and O–H groups in total. The van der Waals surface area contributed by atoms with E-state index >= 15 is 0 Å². The molecule has 5 rings (SSSR count). The summed E-state index contributed by atoms with van der Waals surface area (Å²) in [6, 6.07) is 10.4. The maximum Gasteiger partial charge on any atom is 0.232 e. The minimum atomic E-state index is -0.180. The number of benzene rings is 1. The monoisotopic (exact) mass is 477 g/mol. The maximum absolute atomic E-state index is 10.0. The van der Waals surface area contributed by atoms with Gasteiger partial charge in [-0.05, 0) is 47.9 Å². The fourth-order valence-electron chi connectivity index (χ4n) is 5.24. The van der Waals surface area contributed by atoms with Gasteiger partial charge in [-0.1, -0.05) is 41.9 Å². The molecule has 2 aromatic heterocycles. The molecular weight excluding hydrogens is 450 g/mol. The standard InChI is InChI=1S/C26H28ClN5O2/c1-34-25-22(27)17(8-11-29-25)6-7-19-15-30-24(21(16-33)31-19)32-12-9-26(10-13-32)14-18-4-2-3-5-20(18)23(26)28/h2-8,11,15,23,33H,9-10,12-14,16,28H2,1H3/b7-6+/t23-/m1/s1. The Labute approximate surface area is 204 Å². The van der Waals surface area contributed by atoms with Gasteiger partial charge in [-0.2, -0.15) is 0 Å². The van der Waals surface area contributed by atoms with Crippen LogP contribution < -0.4 is 15.4 Å². The van der Waals surface area contributed by atoms with Crippen LogP contribution in [0.4, 0.5) is 5.82 Å². The second-order valence-electron chi connectivity index (χ2n) is 8.98. The van der Waals surface area contributed by atoms with Crippen LogP contribution in [0.25, 0.3) is 12.2 Å². The highest BCUT2D eigenvalue weighted by Gasteiger charge is 2.46. The molecule has 0 bridgehead atoms. The van der Waals surface area contributed by atoms with Crippen LogP contribution >= 0.6 is 11.6 Å². The highest BCUT2D eigenvalue weighted by atomic mass is 35.5. The number of hydrogen-bond acceptors (Lipinski definition) is 7. The quantitative estimate of drug-likeness (QED) is 0.572. The molecule has 1 aliphatic carbocycles. The Kier molecular flexibility index (Phi) is 6.25. The van der Waals surface area contributed by atoms with Crippen LogP contribution in [-0.2, 0) is 13.0 Å². The van der Waals surface area contributed by atoms with E-state index in [1.165, 1.54) is 18.2 Å². The van der Waals surface area contributed by atoms with Gasteiger partial charge in [0.1, 0.15) is 10.7 Å². The number of piperidine rings is 1. The van der Waals surface area contributed by atoms with E-state index in [2.05, 4.69) is 44.1 Å². The predicted molar refractivity (Wildman–Crippen MR) is 134 cm³/mol. The molecule has 34 heavy (non-hydrogen) atoms. The summed E-state index contributed by atoms with van der Waals surface area (Å²) in [5.74, 6) is 1.11. The number of aromatic nitrogens is 3. The summed E-state index contributed by atoms with van der Waals surface area (Å²) in [4.78, 5) is 15.6. The molecule has 1 aliphatic heterocycles. The summed E-state index contributed by atoms with van der Waals surface area (Å²) >= 11 is 6.32. The van der Waals surface area contributed by atoms with Crippen LogP contribution in [0.15, 0.2) is 42.7 Å². The lowest BCUT2D eigenvalue weighted by molar-refractivity contribution is 0.186. The van der Waals surface area contributed by atoms with E-state index in [1.54, 1.807) is 18.5 Å². The summed E-state index contributed by atoms with van der Waals surface area (Å²) in [6.07, 6.45) is 10.0. The summed E-state index contributed by atoms with van der Waals surface area (Å²) in [5, 5.41) is 10.5. The number of nitrogens with zero attached hydrogens (tertiary/aromatic N) is 4. The van der Waals surface area contributed by atoms with Gasteiger partial charge in [-0.3, -0.25) is 0 Å². The number of fused-ring (bicyclic) bond motifs is 1. The number of anilines is 1. The molecule has 1 atom stereocenters. The number of pyridine rings is 1. The van der Waals surface area contributed by atoms with E-state index in [1.807, 2.05) is 12.2 Å². The smallest absolute Gasteiger partial charge is 0.232 e. The summed E-state index contributed by atoms with van der Waals surface area (Å²) in [7, 11) is 1.53. The lowest BCUT2D eigenvalue weighted by Gasteiger charge is -2.42. The van der Waals surface area contributed by atoms with Gasteiger partial charge in [0.25, 0.3) is 0 Å². The number of halogens is 1. The highest BCUT2D eigenvalue weighted by molar-refractivity contribution is 6.33. The van der Waals surface area contributed by atoms with Crippen LogP contribution in [0, 0.1) is 5.41 Å². The van der Waals surface area contributed by atoms with Gasteiger partial charge in [-0.15, -0.1) is 0 Å². The van der Waals surface area contributed by atoms with Crippen molar-refractivity contribution in [2.45, 2.75) is 31.9 Å². The second-order valence-corrected chi connectivity index (χ2v) is 9.36. The number of ether oxygens (including phenoxy) is 1. The minimum absolute atomic E-state index is 0.0698. The van der Waals surface area contributed by atoms with Crippen molar-refractivity contribution in [1.82, 2.24) is 15.0 Å². The molecule has 1 aromatic carbocycles. The van der Waals surface area contributed by atoms with Gasteiger partial charge in [0.2, 0.25) is 5.88 Å². The van der Waals surface area contributed by atoms with E-state index in [-0.39, 0.29) is 18.1 Å². The molecule has 0 radical (unpaired) electrons. The van der Waals surface area contributed by atoms with Crippen molar-refractivity contribution in [3.8, 4) is 5.88 Å². The van der Waals surface area contributed by atoms with Crippen molar-refractivity contribution in [3.63, 3.8) is 0 Å². The first kappa shape index (κ1) is 22.8. The molecular formula is C26H28ClN5O2. The number of aliphatic hydroxyl groups excluding tert-OH is 1. The first-order chi connectivity index (χ1) is 16.5. The number of nitrogens with two attached hydrogens (primary N) is 1. The van der Waals surface area contributed by atoms with Crippen molar-refractivity contribution in [2.24, 2.45) is 11.1 Å². The second kappa shape index (κ2) is 9.33. The molecule has 0 unspecified atom stereocenters. The van der Waals surface area contributed by atoms with Crippen LogP contribution in [-0.4, -0.2) is 40.3 Å². The van der Waals surface area contributed by atoms with Gasteiger partial charge in [0.15, 0.2) is 5.82 Å². The fourth-order valence-corrected chi connectivity index (χ4v) is 5.49. The van der Waals surface area contributed by atoms with Gasteiger partial charge in [0.05, 0.1) is 25.6 Å². The van der Waals surface area contributed by atoms with Crippen LogP contribution in [0.1, 0.15) is 47.0 Å². The zero-order valence-corrected chi connectivity index (χ0v) is 19.9. The van der Waals surface area contributed by atoms with Crippen molar-refractivity contribution in [1.29, 1.82) is 0 Å². The van der Waals surface area contributed by atoms with Crippen molar-refractivity contribution >= 4 is 29.6 Å². The summed E-state index contributed by atoms with van der Waals surface area (Å²) < 4.78 is 5.17. The lowest BCUT2D eigenvalue weighted by Crippen LogP contribution is -2.45. The maximum atomic E-state index is 10.0. The Balaban J connectivity index is 1.31. The molecule has 3 aromatic rings. The Bertz CT molecular complexity index is 1220. The largest absolute Gasteiger partial charge is 0.480 e. The molecule has 1 fully saturated rings. The summed E-state index contributed by atoms with van der Waals surface area (Å²) in [5.41, 5.74) is 11.4. The number of methoxy groups -OCH3 is 1. The van der Waals surface area contributed by atoms with E-state index in [0.717, 1.165) is 43.7 Å². The van der Waals surface area contributed by atoms with E-state index in [0.29, 0.717) is 22.3 Å². The van der Waals surface area contributed by atoms with Crippen molar-refractivity contribution in [2.75, 3.05) is 25.1 Å². The molecule has 1 spiro atoms. The predicted octanol–water partition coefficient (Wildman–Crippen LogP) is 4.04. The first-order valence-electron chi connectivity index (χ1n) is 11.5. The molecule has 0 amide bonds. The van der Waals surface area contributed by atoms with Gasteiger partial charge < -0.3 is 20.5 Å². The third kappa shape index (κ3) is 4.04. The van der Waals surface area contributed by atoms with Gasteiger partial charge >= 0.3 is 0 Å². The topological polar surface area (TPSA) is 97.4 Å². The zero-order valence-electron chi connectivity index (χ0n) is 19.1. The third-order valence-corrected chi connectivity index (χ3v) is 7.54.